The molecule has 0 aliphatic carbocycles. The maximum Gasteiger partial charge on any atom is 0.293 e. The van der Waals surface area contributed by atoms with Crippen LogP contribution in [0.3, 0.4) is 0 Å². The molecule has 1 aromatic heterocycles. The third-order valence-corrected chi connectivity index (χ3v) is 3.61. The van der Waals surface area contributed by atoms with Crippen LogP contribution in [0.1, 0.15) is 10.6 Å². The highest BCUT2D eigenvalue weighted by molar-refractivity contribution is 7.92. The van der Waals surface area contributed by atoms with Crippen molar-refractivity contribution in [3.05, 3.63) is 5.82 Å². The standard InChI is InChI=1S/C5H7N5O3S/c11-5(4-7-9-10-8-4)6-3-1-14(12,13)2-3/h3H,1-2H2,(H,6,11)(H,7,8,9,10). The van der Waals surface area contributed by atoms with Gasteiger partial charge in [0, 0.05) is 0 Å². The molecule has 1 fully saturated rings. The average molecular weight is 217 g/mol. The van der Waals surface area contributed by atoms with E-state index >= 15 is 0 Å². The van der Waals surface area contributed by atoms with Gasteiger partial charge in [-0.1, -0.05) is 0 Å². The SMILES string of the molecule is O=C(NC1CS(=O)(=O)C1)c1nn[nH]n1. The Morgan fingerprint density at radius 1 is 1.50 bits per heavy atom. The van der Waals surface area contributed by atoms with Crippen LogP contribution < -0.4 is 5.32 Å². The second kappa shape index (κ2) is 3.01. The molecule has 0 bridgehead atoms. The number of hydrogen-bond donors (Lipinski definition) is 2. The fourth-order valence-electron chi connectivity index (χ4n) is 1.16. The first-order chi connectivity index (χ1) is 6.57. The molecule has 14 heavy (non-hydrogen) atoms. The van der Waals surface area contributed by atoms with Crippen LogP contribution in [0.15, 0.2) is 0 Å². The molecular weight excluding hydrogens is 210 g/mol. The summed E-state index contributed by atoms with van der Waals surface area (Å²) in [5, 5.41) is 14.7. The summed E-state index contributed by atoms with van der Waals surface area (Å²) in [5.74, 6) is -0.638. The Bertz CT molecular complexity index is 426. The van der Waals surface area contributed by atoms with Gasteiger partial charge in [0.1, 0.15) is 0 Å². The van der Waals surface area contributed by atoms with Gasteiger partial charge in [-0.3, -0.25) is 4.79 Å². The number of carbonyl (C=O) groups excluding carboxylic acids is 1. The molecule has 0 atom stereocenters. The molecule has 76 valence electrons. The summed E-state index contributed by atoms with van der Waals surface area (Å²) in [7, 11) is -2.92. The molecule has 1 aliphatic rings. The molecule has 1 aromatic rings. The summed E-state index contributed by atoms with van der Waals surface area (Å²) in [5.41, 5.74) is 0. The van der Waals surface area contributed by atoms with Crippen LogP contribution in [0.4, 0.5) is 0 Å². The number of H-pyrrole nitrogens is 1. The van der Waals surface area contributed by atoms with Gasteiger partial charge < -0.3 is 5.32 Å². The van der Waals surface area contributed by atoms with Crippen molar-refractivity contribution in [3.8, 4) is 0 Å². The molecule has 0 saturated carbocycles. The first-order valence-corrected chi connectivity index (χ1v) is 5.64. The predicted octanol–water partition coefficient (Wildman–Crippen LogP) is -2.27. The number of aromatic nitrogens is 4. The minimum absolute atomic E-state index is 0.0173. The number of hydrogen-bond acceptors (Lipinski definition) is 6. The molecular formula is C5H7N5O3S. The minimum Gasteiger partial charge on any atom is -0.344 e. The van der Waals surface area contributed by atoms with Gasteiger partial charge in [-0.2, -0.15) is 5.21 Å². The number of aromatic amines is 1. The van der Waals surface area contributed by atoms with Crippen LogP contribution in [-0.2, 0) is 9.84 Å². The van der Waals surface area contributed by atoms with Crippen molar-refractivity contribution >= 4 is 15.7 Å². The summed E-state index contributed by atoms with van der Waals surface area (Å²) < 4.78 is 21.5. The van der Waals surface area contributed by atoms with Crippen molar-refractivity contribution in [1.82, 2.24) is 25.9 Å². The van der Waals surface area contributed by atoms with E-state index in [1.54, 1.807) is 0 Å². The number of amides is 1. The van der Waals surface area contributed by atoms with E-state index in [2.05, 4.69) is 25.9 Å². The molecule has 8 nitrogen and oxygen atoms in total. The zero-order valence-corrected chi connectivity index (χ0v) is 7.78. The Morgan fingerprint density at radius 3 is 2.71 bits per heavy atom. The van der Waals surface area contributed by atoms with Gasteiger partial charge in [-0.25, -0.2) is 8.42 Å². The average Bonchev–Trinajstić information content (AvgIpc) is 2.51. The van der Waals surface area contributed by atoms with E-state index in [9.17, 15) is 13.2 Å². The lowest BCUT2D eigenvalue weighted by molar-refractivity contribution is 0.0931. The zero-order chi connectivity index (χ0) is 10.2. The first-order valence-electron chi connectivity index (χ1n) is 3.81. The largest absolute Gasteiger partial charge is 0.344 e. The van der Waals surface area contributed by atoms with Crippen molar-refractivity contribution in [2.75, 3.05) is 11.5 Å². The normalized spacial score (nSPS) is 20.0. The number of carbonyl (C=O) groups is 1. The molecule has 2 rings (SSSR count). The van der Waals surface area contributed by atoms with E-state index in [1.807, 2.05) is 0 Å². The van der Waals surface area contributed by atoms with Crippen molar-refractivity contribution < 1.29 is 13.2 Å². The lowest BCUT2D eigenvalue weighted by atomic mass is 10.3. The maximum absolute atomic E-state index is 11.2. The highest BCUT2D eigenvalue weighted by Crippen LogP contribution is 2.10. The molecule has 0 spiro atoms. The van der Waals surface area contributed by atoms with Crippen LogP contribution >= 0.6 is 0 Å². The quantitative estimate of drug-likeness (QED) is 0.576. The smallest absolute Gasteiger partial charge is 0.293 e. The fraction of sp³-hybridized carbons (Fsp3) is 0.600. The van der Waals surface area contributed by atoms with Gasteiger partial charge in [0.25, 0.3) is 11.7 Å². The maximum atomic E-state index is 11.2. The molecule has 2 heterocycles. The monoisotopic (exact) mass is 217 g/mol. The summed E-state index contributed by atoms with van der Waals surface area (Å²) in [4.78, 5) is 11.2. The second-order valence-corrected chi connectivity index (χ2v) is 5.14. The Labute approximate surface area is 79.0 Å². The van der Waals surface area contributed by atoms with E-state index in [4.69, 9.17) is 0 Å². The highest BCUT2D eigenvalue weighted by atomic mass is 32.2. The highest BCUT2D eigenvalue weighted by Gasteiger charge is 2.35. The Kier molecular flexibility index (Phi) is 1.95. The van der Waals surface area contributed by atoms with Gasteiger partial charge in [0.15, 0.2) is 9.84 Å². The van der Waals surface area contributed by atoms with Crippen LogP contribution in [0.2, 0.25) is 0 Å². The molecule has 0 aromatic carbocycles. The number of tetrazole rings is 1. The predicted molar refractivity (Wildman–Crippen MR) is 44.1 cm³/mol. The lowest BCUT2D eigenvalue weighted by Crippen LogP contribution is -2.53. The molecule has 0 unspecified atom stereocenters. The number of nitrogens with one attached hydrogen (secondary N) is 2. The molecule has 1 amide bonds. The van der Waals surface area contributed by atoms with Crippen LogP contribution in [0, 0.1) is 0 Å². The Hall–Kier alpha value is -1.51. The van der Waals surface area contributed by atoms with Crippen LogP contribution in [0.5, 0.6) is 0 Å². The molecule has 1 aliphatic heterocycles. The summed E-state index contributed by atoms with van der Waals surface area (Å²) in [6, 6.07) is -0.328. The third-order valence-electron chi connectivity index (χ3n) is 1.79. The van der Waals surface area contributed by atoms with Gasteiger partial charge >= 0.3 is 0 Å². The van der Waals surface area contributed by atoms with E-state index in [0.29, 0.717) is 0 Å². The second-order valence-electron chi connectivity index (χ2n) is 2.98. The van der Waals surface area contributed by atoms with Crippen LogP contribution in [-0.4, -0.2) is 52.5 Å². The van der Waals surface area contributed by atoms with Crippen molar-refractivity contribution in [1.29, 1.82) is 0 Å². The summed E-state index contributed by atoms with van der Waals surface area (Å²) in [6.07, 6.45) is 0. The molecule has 9 heteroatoms. The minimum atomic E-state index is -2.92. The van der Waals surface area contributed by atoms with Crippen molar-refractivity contribution in [2.24, 2.45) is 0 Å². The fourth-order valence-corrected chi connectivity index (χ4v) is 2.45. The topological polar surface area (TPSA) is 118 Å². The van der Waals surface area contributed by atoms with E-state index in [-0.39, 0.29) is 23.4 Å². The van der Waals surface area contributed by atoms with E-state index in [0.717, 1.165) is 0 Å². The van der Waals surface area contributed by atoms with Gasteiger partial charge in [-0.15, -0.1) is 10.2 Å². The van der Waals surface area contributed by atoms with Crippen LogP contribution in [0.25, 0.3) is 0 Å². The van der Waals surface area contributed by atoms with Crippen molar-refractivity contribution in [2.45, 2.75) is 6.04 Å². The van der Waals surface area contributed by atoms with E-state index in [1.165, 1.54) is 0 Å². The Balaban J connectivity index is 1.92. The summed E-state index contributed by atoms with van der Waals surface area (Å²) >= 11 is 0. The summed E-state index contributed by atoms with van der Waals surface area (Å²) in [6.45, 7) is 0. The first kappa shape index (κ1) is 9.06. The number of rotatable bonds is 2. The zero-order valence-electron chi connectivity index (χ0n) is 6.97. The molecule has 0 radical (unpaired) electrons. The van der Waals surface area contributed by atoms with Crippen molar-refractivity contribution in [3.63, 3.8) is 0 Å². The molecule has 2 N–H and O–H groups in total. The molecule has 1 saturated heterocycles. The third kappa shape index (κ3) is 1.71. The lowest BCUT2D eigenvalue weighted by Gasteiger charge is -2.25. The van der Waals surface area contributed by atoms with Gasteiger partial charge in [-0.05, 0) is 5.21 Å². The van der Waals surface area contributed by atoms with Gasteiger partial charge in [0.05, 0.1) is 17.5 Å². The number of nitrogens with zero attached hydrogens (tertiary/aromatic N) is 3. The van der Waals surface area contributed by atoms with Gasteiger partial charge in [0.2, 0.25) is 0 Å². The Morgan fingerprint density at radius 2 is 2.21 bits per heavy atom. The number of sulfone groups is 1. The van der Waals surface area contributed by atoms with E-state index < -0.39 is 15.7 Å².